The van der Waals surface area contributed by atoms with E-state index in [1.54, 1.807) is 0 Å². The first-order valence-electron chi connectivity index (χ1n) is 4.81. The average molecular weight is 281 g/mol. The van der Waals surface area contributed by atoms with Gasteiger partial charge in [0.15, 0.2) is 0 Å². The van der Waals surface area contributed by atoms with Gasteiger partial charge in [-0.15, -0.1) is 0 Å². The fraction of sp³-hybridized carbons (Fsp3) is 1.00. The molecule has 2 fully saturated rings. The number of nitrogens with zero attached hydrogens (tertiary/aromatic N) is 1. The van der Waals surface area contributed by atoms with Gasteiger partial charge in [-0.25, -0.2) is 0 Å². The van der Waals surface area contributed by atoms with Crippen molar-refractivity contribution in [2.45, 2.75) is 25.7 Å². The maximum Gasteiger partial charge on any atom is 0.109 e. The smallest absolute Gasteiger partial charge is 0.109 e. The molecule has 0 atom stereocenters. The van der Waals surface area contributed by atoms with E-state index in [4.69, 9.17) is 3.07 Å². The average Bonchev–Trinajstić information content (AvgIpc) is 2.63. The van der Waals surface area contributed by atoms with E-state index in [9.17, 15) is 0 Å². The molecule has 0 aromatic heterocycles. The summed E-state index contributed by atoms with van der Waals surface area (Å²) in [5.74, 6) is 0. The van der Waals surface area contributed by atoms with Crippen LogP contribution < -0.4 is 0 Å². The van der Waals surface area contributed by atoms with Crippen LogP contribution in [0.2, 0.25) is 0 Å². The number of hydrogen-bond donors (Lipinski definition) is 0. The first-order valence-corrected chi connectivity index (χ1v) is 5.69. The molecule has 0 bridgehead atoms. The quantitative estimate of drug-likeness (QED) is 0.733. The highest BCUT2D eigenvalue weighted by Crippen LogP contribution is 2.47. The molecular formula is C9H16INO. The van der Waals surface area contributed by atoms with Gasteiger partial charge in [0.05, 0.1) is 6.61 Å². The molecule has 2 rings (SSSR count). The molecule has 1 saturated heterocycles. The van der Waals surface area contributed by atoms with Crippen molar-refractivity contribution < 1.29 is 3.07 Å². The third-order valence-electron chi connectivity index (χ3n) is 3.08. The Balaban J connectivity index is 1.77. The summed E-state index contributed by atoms with van der Waals surface area (Å²) in [7, 11) is 0. The molecule has 0 aromatic rings. The van der Waals surface area contributed by atoms with Gasteiger partial charge in [0.2, 0.25) is 0 Å². The Kier molecular flexibility index (Phi) is 2.92. The van der Waals surface area contributed by atoms with Crippen LogP contribution >= 0.6 is 23.0 Å². The zero-order chi connectivity index (χ0) is 8.44. The molecule has 3 heteroatoms. The Morgan fingerprint density at radius 3 is 2.42 bits per heavy atom. The lowest BCUT2D eigenvalue weighted by Gasteiger charge is -2.21. The highest BCUT2D eigenvalue weighted by molar-refractivity contribution is 14.1. The van der Waals surface area contributed by atoms with Crippen LogP contribution in [0.15, 0.2) is 0 Å². The number of likely N-dealkylation sites (tertiary alicyclic amines) is 1. The molecule has 70 valence electrons. The zero-order valence-corrected chi connectivity index (χ0v) is 9.55. The van der Waals surface area contributed by atoms with Crippen LogP contribution in [0, 0.1) is 5.41 Å². The predicted molar refractivity (Wildman–Crippen MR) is 57.3 cm³/mol. The first-order chi connectivity index (χ1) is 5.85. The van der Waals surface area contributed by atoms with E-state index in [0.29, 0.717) is 5.41 Å². The normalized spacial score (nSPS) is 27.8. The molecule has 0 aromatic carbocycles. The molecule has 0 radical (unpaired) electrons. The minimum absolute atomic E-state index is 0.561. The maximum atomic E-state index is 5.22. The minimum atomic E-state index is 0.561. The lowest BCUT2D eigenvalue weighted by molar-refractivity contribution is 0.211. The van der Waals surface area contributed by atoms with Crippen LogP contribution in [-0.4, -0.2) is 31.1 Å². The van der Waals surface area contributed by atoms with Crippen LogP contribution in [0.25, 0.3) is 0 Å². The summed E-state index contributed by atoms with van der Waals surface area (Å²) in [6.07, 6.45) is 5.57. The molecular weight excluding hydrogens is 265 g/mol. The Bertz CT molecular complexity index is 153. The molecule has 0 N–H and O–H groups in total. The standard InChI is InChI=1S/C9H16INO/c10-12-8-9(3-4-9)7-11-5-1-2-6-11/h1-8H2. The number of rotatable bonds is 4. The third-order valence-corrected chi connectivity index (χ3v) is 3.39. The molecule has 1 aliphatic carbocycles. The lowest BCUT2D eigenvalue weighted by atomic mass is 10.1. The van der Waals surface area contributed by atoms with Crippen LogP contribution in [-0.2, 0) is 3.07 Å². The van der Waals surface area contributed by atoms with Gasteiger partial charge in [0, 0.05) is 12.0 Å². The second-order valence-corrected chi connectivity index (χ2v) is 4.86. The Morgan fingerprint density at radius 1 is 1.25 bits per heavy atom. The van der Waals surface area contributed by atoms with Gasteiger partial charge < -0.3 is 7.97 Å². The molecule has 12 heavy (non-hydrogen) atoms. The summed E-state index contributed by atoms with van der Waals surface area (Å²) < 4.78 is 5.22. The first kappa shape index (κ1) is 9.21. The van der Waals surface area contributed by atoms with Gasteiger partial charge in [-0.2, -0.15) is 0 Å². The summed E-state index contributed by atoms with van der Waals surface area (Å²) in [5.41, 5.74) is 0.561. The van der Waals surface area contributed by atoms with Crippen molar-refractivity contribution in [3.05, 3.63) is 0 Å². The highest BCUT2D eigenvalue weighted by atomic mass is 127. The molecule has 1 saturated carbocycles. The molecule has 2 aliphatic rings. The predicted octanol–water partition coefficient (Wildman–Crippen LogP) is 2.23. The van der Waals surface area contributed by atoms with Gasteiger partial charge >= 0.3 is 0 Å². The van der Waals surface area contributed by atoms with Gasteiger partial charge in [-0.05, 0) is 38.8 Å². The lowest BCUT2D eigenvalue weighted by Crippen LogP contribution is -2.29. The molecule has 2 nitrogen and oxygen atoms in total. The molecule has 0 amide bonds. The fourth-order valence-corrected chi connectivity index (χ4v) is 2.72. The molecule has 0 spiro atoms. The van der Waals surface area contributed by atoms with Gasteiger partial charge in [-0.1, -0.05) is 0 Å². The Hall–Kier alpha value is 0.650. The second kappa shape index (κ2) is 3.80. The molecule has 1 heterocycles. The van der Waals surface area contributed by atoms with Crippen molar-refractivity contribution in [1.82, 2.24) is 4.90 Å². The summed E-state index contributed by atoms with van der Waals surface area (Å²) in [4.78, 5) is 2.60. The van der Waals surface area contributed by atoms with Crippen LogP contribution in [0.3, 0.4) is 0 Å². The van der Waals surface area contributed by atoms with E-state index in [1.165, 1.54) is 45.3 Å². The Labute approximate surface area is 88.3 Å². The monoisotopic (exact) mass is 281 g/mol. The van der Waals surface area contributed by atoms with Crippen molar-refractivity contribution in [2.24, 2.45) is 5.41 Å². The van der Waals surface area contributed by atoms with E-state index in [1.807, 2.05) is 23.0 Å². The second-order valence-electron chi connectivity index (χ2n) is 4.24. The van der Waals surface area contributed by atoms with Gasteiger partial charge in [0.1, 0.15) is 23.0 Å². The zero-order valence-electron chi connectivity index (χ0n) is 7.39. The number of halogens is 1. The van der Waals surface area contributed by atoms with E-state index >= 15 is 0 Å². The summed E-state index contributed by atoms with van der Waals surface area (Å²) in [6, 6.07) is 0. The van der Waals surface area contributed by atoms with Crippen molar-refractivity contribution in [3.63, 3.8) is 0 Å². The minimum Gasteiger partial charge on any atom is -0.315 e. The van der Waals surface area contributed by atoms with Gasteiger partial charge in [-0.3, -0.25) is 0 Å². The van der Waals surface area contributed by atoms with Crippen molar-refractivity contribution in [2.75, 3.05) is 26.2 Å². The summed E-state index contributed by atoms with van der Waals surface area (Å²) in [6.45, 7) is 4.89. The highest BCUT2D eigenvalue weighted by Gasteiger charge is 2.44. The third kappa shape index (κ3) is 2.12. The van der Waals surface area contributed by atoms with Gasteiger partial charge in [0.25, 0.3) is 0 Å². The number of hydrogen-bond acceptors (Lipinski definition) is 2. The summed E-state index contributed by atoms with van der Waals surface area (Å²) in [5, 5.41) is 0. The van der Waals surface area contributed by atoms with Crippen LogP contribution in [0.4, 0.5) is 0 Å². The Morgan fingerprint density at radius 2 is 1.92 bits per heavy atom. The molecule has 1 aliphatic heterocycles. The summed E-state index contributed by atoms with van der Waals surface area (Å²) >= 11 is 2.02. The van der Waals surface area contributed by atoms with Crippen molar-refractivity contribution in [3.8, 4) is 0 Å². The largest absolute Gasteiger partial charge is 0.315 e. The van der Waals surface area contributed by atoms with Crippen molar-refractivity contribution >= 4 is 23.0 Å². The van der Waals surface area contributed by atoms with E-state index in [2.05, 4.69) is 4.90 Å². The van der Waals surface area contributed by atoms with E-state index in [-0.39, 0.29) is 0 Å². The van der Waals surface area contributed by atoms with Crippen LogP contribution in [0.1, 0.15) is 25.7 Å². The van der Waals surface area contributed by atoms with Crippen molar-refractivity contribution in [1.29, 1.82) is 0 Å². The molecule has 0 unspecified atom stereocenters. The maximum absolute atomic E-state index is 5.22. The van der Waals surface area contributed by atoms with E-state index < -0.39 is 0 Å². The fourth-order valence-electron chi connectivity index (χ4n) is 2.06. The van der Waals surface area contributed by atoms with E-state index in [0.717, 1.165) is 6.61 Å². The SMILES string of the molecule is IOCC1(CN2CCCC2)CC1. The topological polar surface area (TPSA) is 12.5 Å². The van der Waals surface area contributed by atoms with Crippen LogP contribution in [0.5, 0.6) is 0 Å².